The molecule has 1 N–H and O–H groups in total. The van der Waals surface area contributed by atoms with Gasteiger partial charge in [0, 0.05) is 18.7 Å². The van der Waals surface area contributed by atoms with Gasteiger partial charge in [0.05, 0.1) is 21.7 Å². The van der Waals surface area contributed by atoms with E-state index in [1.165, 1.54) is 4.90 Å². The molecule has 0 spiro atoms. The highest BCUT2D eigenvalue weighted by Gasteiger charge is 2.37. The minimum atomic E-state index is -0.672. The van der Waals surface area contributed by atoms with E-state index in [0.717, 1.165) is 5.56 Å². The van der Waals surface area contributed by atoms with Gasteiger partial charge in [-0.15, -0.1) is 0 Å². The predicted molar refractivity (Wildman–Crippen MR) is 108 cm³/mol. The summed E-state index contributed by atoms with van der Waals surface area (Å²) in [5.41, 5.74) is 2.07. The van der Waals surface area contributed by atoms with Gasteiger partial charge in [-0.3, -0.25) is 14.4 Å². The highest BCUT2D eigenvalue weighted by atomic mass is 35.5. The molecule has 1 aliphatic heterocycles. The van der Waals surface area contributed by atoms with E-state index in [0.29, 0.717) is 16.4 Å². The number of nitrogens with zero attached hydrogens (tertiary/aromatic N) is 1. The van der Waals surface area contributed by atoms with Gasteiger partial charge >= 0.3 is 5.97 Å². The van der Waals surface area contributed by atoms with E-state index < -0.39 is 24.4 Å². The molecule has 0 aromatic heterocycles. The van der Waals surface area contributed by atoms with Gasteiger partial charge < -0.3 is 15.0 Å². The van der Waals surface area contributed by atoms with E-state index in [2.05, 4.69) is 5.32 Å². The molecule has 2 aromatic carbocycles. The molecule has 2 aromatic rings. The zero-order valence-corrected chi connectivity index (χ0v) is 16.6. The molecule has 6 nitrogen and oxygen atoms in total. The van der Waals surface area contributed by atoms with Crippen molar-refractivity contribution >= 4 is 52.4 Å². The van der Waals surface area contributed by atoms with Crippen LogP contribution in [-0.2, 0) is 19.1 Å². The summed E-state index contributed by atoms with van der Waals surface area (Å²) in [6.45, 7) is 1.61. The summed E-state index contributed by atoms with van der Waals surface area (Å²) in [5.74, 6) is -1.98. The Kier molecular flexibility index (Phi) is 6.21. The Hall–Kier alpha value is -2.57. The lowest BCUT2D eigenvalue weighted by molar-refractivity contribution is -0.151. The molecule has 3 rings (SSSR count). The van der Waals surface area contributed by atoms with Crippen molar-refractivity contribution in [2.75, 3.05) is 23.4 Å². The van der Waals surface area contributed by atoms with Crippen molar-refractivity contribution in [2.24, 2.45) is 5.92 Å². The lowest BCUT2D eigenvalue weighted by Gasteiger charge is -2.18. The third-order valence-electron chi connectivity index (χ3n) is 4.33. The van der Waals surface area contributed by atoms with E-state index in [-0.39, 0.29) is 23.9 Å². The quantitative estimate of drug-likeness (QED) is 0.745. The van der Waals surface area contributed by atoms with Crippen molar-refractivity contribution in [2.45, 2.75) is 13.3 Å². The highest BCUT2D eigenvalue weighted by molar-refractivity contribution is 6.44. The number of hydrogen-bond donors (Lipinski definition) is 1. The number of carbonyl (C=O) groups is 3. The zero-order valence-electron chi connectivity index (χ0n) is 15.1. The summed E-state index contributed by atoms with van der Waals surface area (Å²) in [5, 5.41) is 3.24. The van der Waals surface area contributed by atoms with Crippen molar-refractivity contribution in [3.8, 4) is 0 Å². The van der Waals surface area contributed by atoms with Gasteiger partial charge in [-0.05, 0) is 36.8 Å². The second-order valence-corrected chi connectivity index (χ2v) is 7.29. The number of benzene rings is 2. The van der Waals surface area contributed by atoms with Crippen molar-refractivity contribution in [1.29, 1.82) is 0 Å². The molecular weight excluding hydrogens is 403 g/mol. The Morgan fingerprint density at radius 1 is 1.21 bits per heavy atom. The van der Waals surface area contributed by atoms with Crippen LogP contribution in [0.5, 0.6) is 0 Å². The molecular formula is C20H18Cl2N2O4. The molecule has 1 aliphatic rings. The molecule has 2 amide bonds. The lowest BCUT2D eigenvalue weighted by atomic mass is 10.1. The largest absolute Gasteiger partial charge is 0.455 e. The molecule has 1 saturated heterocycles. The maximum Gasteiger partial charge on any atom is 0.311 e. The van der Waals surface area contributed by atoms with Crippen LogP contribution in [0, 0.1) is 12.8 Å². The second-order valence-electron chi connectivity index (χ2n) is 6.50. The SMILES string of the molecule is Cc1cccc(NC(=O)COC(=O)[C@@H]2CC(=O)N(c3cccc(Cl)c3Cl)C2)c1. The molecule has 1 fully saturated rings. The van der Waals surface area contributed by atoms with Crippen molar-refractivity contribution in [3.05, 3.63) is 58.1 Å². The minimum absolute atomic E-state index is 0.0127. The van der Waals surface area contributed by atoms with Gasteiger partial charge in [-0.2, -0.15) is 0 Å². The second kappa shape index (κ2) is 8.63. The number of esters is 1. The average molecular weight is 421 g/mol. The Labute approximate surface area is 172 Å². The first kappa shape index (κ1) is 20.2. The first-order valence-electron chi connectivity index (χ1n) is 8.62. The molecule has 28 heavy (non-hydrogen) atoms. The summed E-state index contributed by atoms with van der Waals surface area (Å²) >= 11 is 12.2. The number of hydrogen-bond acceptors (Lipinski definition) is 4. The minimum Gasteiger partial charge on any atom is -0.455 e. The lowest BCUT2D eigenvalue weighted by Crippen LogP contribution is -2.28. The van der Waals surface area contributed by atoms with Gasteiger partial charge in [-0.25, -0.2) is 0 Å². The van der Waals surface area contributed by atoms with Gasteiger partial charge in [0.1, 0.15) is 0 Å². The summed E-state index contributed by atoms with van der Waals surface area (Å²) < 4.78 is 5.09. The zero-order chi connectivity index (χ0) is 20.3. The van der Waals surface area contributed by atoms with Crippen LogP contribution >= 0.6 is 23.2 Å². The Bertz CT molecular complexity index is 932. The summed E-state index contributed by atoms with van der Waals surface area (Å²) in [6, 6.07) is 12.2. The molecule has 1 atom stereocenters. The molecule has 0 aliphatic carbocycles. The van der Waals surface area contributed by atoms with Crippen molar-refractivity contribution in [1.82, 2.24) is 0 Å². The predicted octanol–water partition coefficient (Wildman–Crippen LogP) is 3.84. The van der Waals surface area contributed by atoms with Crippen LogP contribution in [0.25, 0.3) is 0 Å². The summed E-state index contributed by atoms with van der Waals surface area (Å²) in [4.78, 5) is 38.0. The summed E-state index contributed by atoms with van der Waals surface area (Å²) in [7, 11) is 0. The molecule has 146 valence electrons. The third-order valence-corrected chi connectivity index (χ3v) is 5.14. The molecule has 0 saturated carbocycles. The van der Waals surface area contributed by atoms with E-state index in [4.69, 9.17) is 27.9 Å². The van der Waals surface area contributed by atoms with Crippen LogP contribution in [0.1, 0.15) is 12.0 Å². The first-order chi connectivity index (χ1) is 13.3. The third kappa shape index (κ3) is 4.64. The Morgan fingerprint density at radius 3 is 2.71 bits per heavy atom. The standard InChI is InChI=1S/C20H18Cl2N2O4/c1-12-4-2-5-14(8-12)23-17(25)11-28-20(27)13-9-18(26)24(10-13)16-7-3-6-15(21)19(16)22/h2-8,13H,9-11H2,1H3,(H,23,25)/t13-/m1/s1. The van der Waals surface area contributed by atoms with Crippen LogP contribution in [0.3, 0.4) is 0 Å². The molecule has 8 heteroatoms. The highest BCUT2D eigenvalue weighted by Crippen LogP contribution is 2.35. The van der Waals surface area contributed by atoms with Crippen molar-refractivity contribution in [3.63, 3.8) is 0 Å². The van der Waals surface area contributed by atoms with Gasteiger partial charge in [0.25, 0.3) is 5.91 Å². The maximum atomic E-state index is 12.3. The summed E-state index contributed by atoms with van der Waals surface area (Å²) in [6.07, 6.45) is -0.0127. The number of anilines is 2. The van der Waals surface area contributed by atoms with E-state index in [9.17, 15) is 14.4 Å². The fourth-order valence-corrected chi connectivity index (χ4v) is 3.37. The van der Waals surface area contributed by atoms with Crippen LogP contribution < -0.4 is 10.2 Å². The fraction of sp³-hybridized carbons (Fsp3) is 0.250. The van der Waals surface area contributed by atoms with E-state index in [1.54, 1.807) is 24.3 Å². The normalized spacial score (nSPS) is 16.2. The number of ether oxygens (including phenoxy) is 1. The molecule has 0 unspecified atom stereocenters. The Morgan fingerprint density at radius 2 is 1.96 bits per heavy atom. The molecule has 0 radical (unpaired) electrons. The van der Waals surface area contributed by atoms with Crippen LogP contribution in [0.15, 0.2) is 42.5 Å². The average Bonchev–Trinajstić information content (AvgIpc) is 3.04. The number of carbonyl (C=O) groups excluding carboxylic acids is 3. The van der Waals surface area contributed by atoms with Gasteiger partial charge in [-0.1, -0.05) is 41.4 Å². The number of amides is 2. The van der Waals surface area contributed by atoms with Gasteiger partial charge in [0.2, 0.25) is 5.91 Å². The Balaban J connectivity index is 1.56. The van der Waals surface area contributed by atoms with Gasteiger partial charge in [0.15, 0.2) is 6.61 Å². The number of aryl methyl sites for hydroxylation is 1. The first-order valence-corrected chi connectivity index (χ1v) is 9.38. The topological polar surface area (TPSA) is 75.7 Å². The van der Waals surface area contributed by atoms with Crippen LogP contribution in [-0.4, -0.2) is 30.9 Å². The van der Waals surface area contributed by atoms with Crippen molar-refractivity contribution < 1.29 is 19.1 Å². The molecule has 0 bridgehead atoms. The van der Waals surface area contributed by atoms with E-state index in [1.807, 2.05) is 25.1 Å². The molecule has 1 heterocycles. The van der Waals surface area contributed by atoms with Crippen LogP contribution in [0.4, 0.5) is 11.4 Å². The van der Waals surface area contributed by atoms with Crippen LogP contribution in [0.2, 0.25) is 10.0 Å². The fourth-order valence-electron chi connectivity index (χ4n) is 2.97. The van der Waals surface area contributed by atoms with E-state index >= 15 is 0 Å². The monoisotopic (exact) mass is 420 g/mol. The number of halogens is 2. The maximum absolute atomic E-state index is 12.3. The smallest absolute Gasteiger partial charge is 0.311 e. The number of nitrogens with one attached hydrogen (secondary N) is 1. The number of rotatable bonds is 5.